The van der Waals surface area contributed by atoms with Gasteiger partial charge in [0, 0.05) is 19.3 Å². The Labute approximate surface area is 411 Å². The van der Waals surface area contributed by atoms with Gasteiger partial charge in [0.15, 0.2) is 18.5 Å². The predicted octanol–water partition coefficient (Wildman–Crippen LogP) is 21.6. The number of unbranched alkanes of at least 4 members (excludes halogenated alkanes) is 1. The van der Waals surface area contributed by atoms with E-state index in [4.69, 9.17) is 0 Å². The fraction of sp³-hybridized carbons (Fsp3) is 0.700. The molecule has 3 atom stereocenters. The number of hydrogen-bond donors (Lipinski definition) is 0. The Morgan fingerprint density at radius 1 is 0.362 bits per heavy atom. The molecule has 6 rings (SSSR count). The lowest BCUT2D eigenvalue weighted by molar-refractivity contribution is -0.0810. The Kier molecular flexibility index (Phi) is 24.6. The van der Waals surface area contributed by atoms with Crippen molar-refractivity contribution in [3.8, 4) is 0 Å². The number of benzene rings is 3. The van der Waals surface area contributed by atoms with Crippen LogP contribution in [-0.2, 0) is 0 Å². The van der Waals surface area contributed by atoms with Crippen LogP contribution in [0.25, 0.3) is 0 Å². The summed E-state index contributed by atoms with van der Waals surface area (Å²) >= 11 is 0. The molecule has 3 saturated carbocycles. The highest BCUT2D eigenvalue weighted by Gasteiger charge is 2.42. The fourth-order valence-electron chi connectivity index (χ4n) is 11.3. The van der Waals surface area contributed by atoms with Gasteiger partial charge in [0.05, 0.1) is 0 Å². The van der Waals surface area contributed by atoms with Crippen molar-refractivity contribution in [2.75, 3.05) is 0 Å². The zero-order valence-electron chi connectivity index (χ0n) is 43.0. The van der Waals surface area contributed by atoms with Crippen molar-refractivity contribution in [2.24, 2.45) is 17.8 Å². The van der Waals surface area contributed by atoms with Crippen LogP contribution in [0, 0.1) is 17.8 Å². The molecule has 0 aromatic heterocycles. The average Bonchev–Trinajstić information content (AvgIpc) is 3.36. The van der Waals surface area contributed by atoms with Crippen molar-refractivity contribution in [3.05, 3.63) is 106 Å². The molecule has 0 N–H and O–H groups in total. The summed E-state index contributed by atoms with van der Waals surface area (Å²) in [7, 11) is 0. The Morgan fingerprint density at radius 3 is 0.884 bits per heavy atom. The lowest BCUT2D eigenvalue weighted by atomic mass is 9.77. The molecule has 3 fully saturated rings. The third kappa shape index (κ3) is 17.9. The zero-order chi connectivity index (χ0) is 50.6. The second-order valence-corrected chi connectivity index (χ2v) is 21.1. The Morgan fingerprint density at radius 2 is 0.638 bits per heavy atom. The van der Waals surface area contributed by atoms with E-state index in [0.717, 1.165) is 43.4 Å². The molecule has 3 unspecified atom stereocenters. The Balaban J connectivity index is 0.000000226. The zero-order valence-corrected chi connectivity index (χ0v) is 43.0. The smallest absolute Gasteiger partial charge is 0.236 e. The van der Waals surface area contributed by atoms with Crippen LogP contribution in [0.5, 0.6) is 0 Å². The lowest BCUT2D eigenvalue weighted by Crippen LogP contribution is -2.23. The highest BCUT2D eigenvalue weighted by atomic mass is 19.3. The van der Waals surface area contributed by atoms with Gasteiger partial charge in [0.2, 0.25) is 0 Å². The molecule has 3 aliphatic rings. The molecule has 0 bridgehead atoms. The molecule has 0 amide bonds. The molecular formula is C60H87F9. The van der Waals surface area contributed by atoms with E-state index in [0.29, 0.717) is 17.8 Å². The van der Waals surface area contributed by atoms with Crippen LogP contribution in [0.4, 0.5) is 39.5 Å². The molecule has 9 heteroatoms. The molecule has 0 nitrogen and oxygen atoms in total. The lowest BCUT2D eigenvalue weighted by Gasteiger charge is -2.29. The van der Waals surface area contributed by atoms with Crippen LogP contribution in [-0.4, -0.2) is 17.8 Å². The first kappa shape index (κ1) is 58.6. The summed E-state index contributed by atoms with van der Waals surface area (Å²) in [6.45, 7) is 11.6. The van der Waals surface area contributed by atoms with Gasteiger partial charge in [-0.25, -0.2) is 39.5 Å². The van der Waals surface area contributed by atoms with E-state index < -0.39 is 55.5 Å². The highest BCUT2D eigenvalue weighted by molar-refractivity contribution is 5.30. The molecule has 3 aromatic rings. The van der Waals surface area contributed by atoms with E-state index in [1.165, 1.54) is 107 Å². The van der Waals surface area contributed by atoms with Gasteiger partial charge in [-0.15, -0.1) is 0 Å². The molecule has 3 aromatic carbocycles. The summed E-state index contributed by atoms with van der Waals surface area (Å²) in [4.78, 5) is 0. The molecule has 0 aliphatic heterocycles. The first-order valence-corrected chi connectivity index (χ1v) is 27.3. The van der Waals surface area contributed by atoms with Gasteiger partial charge in [-0.3, -0.25) is 0 Å². The Hall–Kier alpha value is -2.97. The monoisotopic (exact) mass is 979 g/mol. The van der Waals surface area contributed by atoms with Gasteiger partial charge in [-0.1, -0.05) is 172 Å². The minimum absolute atomic E-state index is 0.101. The van der Waals surface area contributed by atoms with E-state index in [1.807, 2.05) is 36.4 Å². The van der Waals surface area contributed by atoms with Gasteiger partial charge < -0.3 is 0 Å². The van der Waals surface area contributed by atoms with Gasteiger partial charge in [0.25, 0.3) is 17.8 Å². The first-order chi connectivity index (χ1) is 32.9. The summed E-state index contributed by atoms with van der Waals surface area (Å²) < 4.78 is 124. The standard InChI is InChI=1S/C21H31F3.C20H29F3.C19H27F3/c1-3-5-6-16-7-9-17(10-8-16)18-11-13-19(14-12-18)20(22)21(23,24)15-4-2;1-3-5-15-6-8-16(9-7-15)17-10-12-18(13-11-17)19(21)20(22,23)14-4-2;1-3-13-19(21,22)18(20)17-11-9-16(10-12-17)15-7-5-14(4-2)6-8-15/h11-14,16-17,20H,3-10,15H2,1-2H3;10-13,15-16,19H,3-9,14H2,1-2H3;9-12,14-15,18H,3-8,13H2,1-2H3. The van der Waals surface area contributed by atoms with Crippen molar-refractivity contribution in [1.29, 1.82) is 0 Å². The van der Waals surface area contributed by atoms with Crippen molar-refractivity contribution in [1.82, 2.24) is 0 Å². The van der Waals surface area contributed by atoms with Crippen LogP contribution in [0.15, 0.2) is 72.8 Å². The summed E-state index contributed by atoms with van der Waals surface area (Å²) in [5.74, 6) is -5.76. The summed E-state index contributed by atoms with van der Waals surface area (Å²) in [6, 6.07) is 20.5. The van der Waals surface area contributed by atoms with Crippen LogP contribution in [0.3, 0.4) is 0 Å². The fourth-order valence-corrected chi connectivity index (χ4v) is 11.3. The van der Waals surface area contributed by atoms with Crippen molar-refractivity contribution in [2.45, 2.75) is 250 Å². The highest BCUT2D eigenvalue weighted by Crippen LogP contribution is 2.44. The second kappa shape index (κ2) is 28.9. The molecule has 3 aliphatic carbocycles. The van der Waals surface area contributed by atoms with Crippen LogP contribution < -0.4 is 0 Å². The third-order valence-electron chi connectivity index (χ3n) is 15.7. The largest absolute Gasteiger partial charge is 0.282 e. The second-order valence-electron chi connectivity index (χ2n) is 21.1. The maximum Gasteiger partial charge on any atom is 0.282 e. The predicted molar refractivity (Wildman–Crippen MR) is 269 cm³/mol. The van der Waals surface area contributed by atoms with Gasteiger partial charge in [0.1, 0.15) is 0 Å². The van der Waals surface area contributed by atoms with Crippen molar-refractivity contribution < 1.29 is 39.5 Å². The van der Waals surface area contributed by atoms with Gasteiger partial charge >= 0.3 is 0 Å². The Bertz CT molecular complexity index is 1800. The van der Waals surface area contributed by atoms with Crippen molar-refractivity contribution in [3.63, 3.8) is 0 Å². The minimum atomic E-state index is -3.27. The van der Waals surface area contributed by atoms with Crippen LogP contribution >= 0.6 is 0 Å². The molecule has 0 spiro atoms. The number of halogens is 9. The van der Waals surface area contributed by atoms with E-state index in [2.05, 4.69) is 20.8 Å². The SMILES string of the molecule is CCCC(F)(F)C(F)c1ccc(C2CCC(CC)CC2)cc1.CCCC1CCC(c2ccc(C(F)C(F)(F)CCC)cc2)CC1.CCCCC1CCC(c2ccc(C(F)C(F)(F)CCC)cc2)CC1. The van der Waals surface area contributed by atoms with E-state index in [9.17, 15) is 39.5 Å². The van der Waals surface area contributed by atoms with E-state index in [-0.39, 0.29) is 36.0 Å². The van der Waals surface area contributed by atoms with Crippen LogP contribution in [0.1, 0.15) is 265 Å². The quantitative estimate of drug-likeness (QED) is 0.0933. The summed E-state index contributed by atoms with van der Waals surface area (Å²) in [5.41, 5.74) is 3.84. The topological polar surface area (TPSA) is 0 Å². The third-order valence-corrected chi connectivity index (χ3v) is 15.7. The molecule has 390 valence electrons. The first-order valence-electron chi connectivity index (χ1n) is 27.3. The van der Waals surface area contributed by atoms with Crippen LogP contribution in [0.2, 0.25) is 0 Å². The molecule has 0 radical (unpaired) electrons. The molecule has 0 saturated heterocycles. The molecule has 69 heavy (non-hydrogen) atoms. The number of alkyl halides is 9. The van der Waals surface area contributed by atoms with E-state index in [1.54, 1.807) is 57.2 Å². The number of rotatable bonds is 21. The normalized spacial score (nSPS) is 23.7. The van der Waals surface area contributed by atoms with Gasteiger partial charge in [-0.2, -0.15) is 0 Å². The summed E-state index contributed by atoms with van der Waals surface area (Å²) in [6.07, 6.45) is 15.2. The minimum Gasteiger partial charge on any atom is -0.236 e. The van der Waals surface area contributed by atoms with Gasteiger partial charge in [-0.05, 0) is 146 Å². The van der Waals surface area contributed by atoms with E-state index >= 15 is 0 Å². The summed E-state index contributed by atoms with van der Waals surface area (Å²) in [5, 5.41) is 0. The molecule has 0 heterocycles. The number of hydrogen-bond acceptors (Lipinski definition) is 0. The maximum atomic E-state index is 14.1. The molecular weight excluding hydrogens is 892 g/mol. The maximum absolute atomic E-state index is 14.1. The average molecular weight is 979 g/mol. The van der Waals surface area contributed by atoms with Crippen molar-refractivity contribution >= 4 is 0 Å².